The van der Waals surface area contributed by atoms with Gasteiger partial charge < -0.3 is 14.8 Å². The summed E-state index contributed by atoms with van der Waals surface area (Å²) in [4.78, 5) is 24.4. The quantitative estimate of drug-likeness (QED) is 0.541. The molecule has 3 aliphatic carbocycles. The van der Waals surface area contributed by atoms with Crippen LogP contribution in [0.4, 0.5) is 13.2 Å². The number of rotatable bonds is 10. The number of amides is 1. The molecule has 170 valence electrons. The highest BCUT2D eigenvalue weighted by molar-refractivity contribution is 6.30. The lowest BCUT2D eigenvalue weighted by Gasteiger charge is -2.70. The maximum Gasteiger partial charge on any atom is 0.263 e. The maximum absolute atomic E-state index is 13.4. The third-order valence-corrected chi connectivity index (χ3v) is 6.22. The number of benzene rings is 2. The molecule has 0 aliphatic heterocycles. The van der Waals surface area contributed by atoms with Gasteiger partial charge in [0.05, 0.1) is 5.02 Å². The van der Waals surface area contributed by atoms with Gasteiger partial charge in [-0.1, -0.05) is 11.6 Å². The molecule has 32 heavy (non-hydrogen) atoms. The molecule has 2 bridgehead atoms. The first-order valence-corrected chi connectivity index (χ1v) is 10.5. The number of carbonyl (C=O) groups excluding carboxylic acids is 2. The van der Waals surface area contributed by atoms with Gasteiger partial charge in [-0.05, 0) is 61.1 Å². The molecule has 3 aliphatic rings. The van der Waals surface area contributed by atoms with E-state index in [1.165, 1.54) is 36.4 Å². The Morgan fingerprint density at radius 2 is 1.62 bits per heavy atom. The van der Waals surface area contributed by atoms with E-state index in [0.29, 0.717) is 31.4 Å². The zero-order valence-electron chi connectivity index (χ0n) is 17.0. The van der Waals surface area contributed by atoms with Crippen molar-refractivity contribution in [2.24, 2.45) is 5.41 Å². The average molecular weight is 468 g/mol. The number of halogens is 4. The number of nitrogens with one attached hydrogen (secondary N) is 1. The Kier molecular flexibility index (Phi) is 6.07. The minimum atomic E-state index is -2.55. The van der Waals surface area contributed by atoms with Crippen LogP contribution in [0, 0.1) is 11.2 Å². The van der Waals surface area contributed by atoms with Crippen LogP contribution in [-0.2, 0) is 9.59 Å². The van der Waals surface area contributed by atoms with Crippen LogP contribution in [0.1, 0.15) is 37.7 Å². The Morgan fingerprint density at radius 1 is 1.00 bits per heavy atom. The van der Waals surface area contributed by atoms with Crippen LogP contribution in [0.25, 0.3) is 0 Å². The van der Waals surface area contributed by atoms with Crippen molar-refractivity contribution in [2.75, 3.05) is 13.2 Å². The van der Waals surface area contributed by atoms with E-state index in [1.54, 1.807) is 0 Å². The zero-order valence-corrected chi connectivity index (χ0v) is 17.8. The van der Waals surface area contributed by atoms with Crippen LogP contribution in [0.2, 0.25) is 5.02 Å². The molecule has 0 aromatic heterocycles. The zero-order chi connectivity index (χ0) is 22.9. The van der Waals surface area contributed by atoms with Crippen molar-refractivity contribution >= 4 is 23.3 Å². The number of ether oxygens (including phenoxy) is 2. The molecule has 0 saturated heterocycles. The molecule has 0 atom stereocenters. The number of alkyl halides is 2. The number of ketones is 1. The van der Waals surface area contributed by atoms with E-state index in [2.05, 4.69) is 5.32 Å². The fourth-order valence-electron chi connectivity index (χ4n) is 4.71. The summed E-state index contributed by atoms with van der Waals surface area (Å²) >= 11 is 5.61. The van der Waals surface area contributed by atoms with Crippen LogP contribution >= 0.6 is 11.6 Å². The highest BCUT2D eigenvalue weighted by atomic mass is 35.5. The predicted molar refractivity (Wildman–Crippen MR) is 111 cm³/mol. The molecule has 3 fully saturated rings. The molecule has 1 N–H and O–H groups in total. The van der Waals surface area contributed by atoms with Crippen molar-refractivity contribution in [3.63, 3.8) is 0 Å². The van der Waals surface area contributed by atoms with Gasteiger partial charge in [-0.2, -0.15) is 0 Å². The second-order valence-electron chi connectivity index (χ2n) is 8.60. The summed E-state index contributed by atoms with van der Waals surface area (Å²) in [6.07, 6.45) is -0.0855. The lowest BCUT2D eigenvalue weighted by Crippen LogP contribution is -2.75. The molecule has 5 rings (SSSR count). The second kappa shape index (κ2) is 8.65. The monoisotopic (exact) mass is 467 g/mol. The predicted octanol–water partition coefficient (Wildman–Crippen LogP) is 4.87. The molecule has 5 nitrogen and oxygen atoms in total. The molecular weight excluding hydrogens is 447 g/mol. The fourth-order valence-corrected chi connectivity index (χ4v) is 4.83. The molecular formula is C23H21ClF3NO4. The average Bonchev–Trinajstić information content (AvgIpc) is 2.71. The summed E-state index contributed by atoms with van der Waals surface area (Å²) in [5.74, 6) is -0.425. The first-order chi connectivity index (χ1) is 15.2. The minimum absolute atomic E-state index is 0.0226. The Labute approximate surface area is 187 Å². The first kappa shape index (κ1) is 22.5. The van der Waals surface area contributed by atoms with Gasteiger partial charge in [0.2, 0.25) is 0 Å². The van der Waals surface area contributed by atoms with Crippen molar-refractivity contribution in [3.05, 3.63) is 58.9 Å². The van der Waals surface area contributed by atoms with Gasteiger partial charge in [-0.25, -0.2) is 13.2 Å². The number of hydrogen-bond donors (Lipinski definition) is 1. The van der Waals surface area contributed by atoms with Gasteiger partial charge in [0.25, 0.3) is 12.3 Å². The highest BCUT2D eigenvalue weighted by Gasteiger charge is 2.68. The van der Waals surface area contributed by atoms with Crippen molar-refractivity contribution in [2.45, 2.75) is 37.6 Å². The van der Waals surface area contributed by atoms with E-state index in [0.717, 1.165) is 6.07 Å². The van der Waals surface area contributed by atoms with Crippen molar-refractivity contribution < 1.29 is 32.2 Å². The lowest BCUT2D eigenvalue weighted by molar-refractivity contribution is -0.173. The Hall–Kier alpha value is -2.74. The molecule has 0 spiro atoms. The van der Waals surface area contributed by atoms with E-state index in [4.69, 9.17) is 21.1 Å². The number of Topliss-reactive ketones (excluding diaryl/α,β-unsaturated/α-hetero) is 1. The molecule has 2 aromatic carbocycles. The maximum atomic E-state index is 13.4. The van der Waals surface area contributed by atoms with Crippen molar-refractivity contribution in [1.29, 1.82) is 0 Å². The largest absolute Gasteiger partial charge is 0.486 e. The van der Waals surface area contributed by atoms with Crippen LogP contribution in [0.5, 0.6) is 11.5 Å². The lowest BCUT2D eigenvalue weighted by atomic mass is 9.38. The SMILES string of the molecule is O=C(COc1ccc(C(F)F)cc1)CC12CC(NC(=O)COc3ccc(Cl)c(F)c3)(C1)C2. The van der Waals surface area contributed by atoms with E-state index in [9.17, 15) is 22.8 Å². The topological polar surface area (TPSA) is 64.6 Å². The summed E-state index contributed by atoms with van der Waals surface area (Å²) in [5, 5.41) is 2.92. The molecule has 3 saturated carbocycles. The standard InChI is InChI=1S/C23H21ClF3NO4/c24-18-6-5-17(7-19(18)25)32-10-20(30)28-23-11-22(12-23,13-23)8-15(29)9-31-16-3-1-14(2-4-16)21(26)27/h1-7,21H,8-13H2,(H,28,30). The van der Waals surface area contributed by atoms with Crippen LogP contribution < -0.4 is 14.8 Å². The van der Waals surface area contributed by atoms with Gasteiger partial charge in [0.15, 0.2) is 12.4 Å². The van der Waals surface area contributed by atoms with E-state index >= 15 is 0 Å². The molecule has 0 heterocycles. The normalized spacial score (nSPS) is 23.2. The summed E-state index contributed by atoms with van der Waals surface area (Å²) in [6, 6.07) is 9.33. The second-order valence-corrected chi connectivity index (χ2v) is 9.00. The van der Waals surface area contributed by atoms with Crippen molar-refractivity contribution in [1.82, 2.24) is 5.32 Å². The summed E-state index contributed by atoms with van der Waals surface area (Å²) in [5.41, 5.74) is -0.527. The van der Waals surface area contributed by atoms with Crippen molar-refractivity contribution in [3.8, 4) is 11.5 Å². The molecule has 1 amide bonds. The van der Waals surface area contributed by atoms with Gasteiger partial charge in [0.1, 0.15) is 23.9 Å². The smallest absolute Gasteiger partial charge is 0.263 e. The summed E-state index contributed by atoms with van der Waals surface area (Å²) in [6.45, 7) is -0.367. The van der Waals surface area contributed by atoms with Gasteiger partial charge >= 0.3 is 0 Å². The molecule has 0 radical (unpaired) electrons. The molecule has 0 unspecified atom stereocenters. The van der Waals surface area contributed by atoms with Gasteiger partial charge in [-0.3, -0.25) is 9.59 Å². The first-order valence-electron chi connectivity index (χ1n) is 10.1. The summed E-state index contributed by atoms with van der Waals surface area (Å²) < 4.78 is 49.2. The van der Waals surface area contributed by atoms with E-state index in [-0.39, 0.29) is 52.2 Å². The van der Waals surface area contributed by atoms with Crippen LogP contribution in [-0.4, -0.2) is 30.4 Å². The molecule has 2 aromatic rings. The van der Waals surface area contributed by atoms with Crippen LogP contribution in [0.15, 0.2) is 42.5 Å². The summed E-state index contributed by atoms with van der Waals surface area (Å²) in [7, 11) is 0. The number of hydrogen-bond acceptors (Lipinski definition) is 4. The Balaban J connectivity index is 1.16. The fraction of sp³-hybridized carbons (Fsp3) is 0.391. The molecule has 9 heteroatoms. The van der Waals surface area contributed by atoms with E-state index in [1.807, 2.05) is 0 Å². The van der Waals surface area contributed by atoms with Gasteiger partial charge in [0, 0.05) is 23.6 Å². The number of carbonyl (C=O) groups is 2. The van der Waals surface area contributed by atoms with Gasteiger partial charge in [-0.15, -0.1) is 0 Å². The Bertz CT molecular complexity index is 1010. The van der Waals surface area contributed by atoms with Crippen LogP contribution in [0.3, 0.4) is 0 Å². The third kappa shape index (κ3) is 4.85. The highest BCUT2D eigenvalue weighted by Crippen LogP contribution is 2.68. The van der Waals surface area contributed by atoms with E-state index < -0.39 is 12.2 Å². The minimum Gasteiger partial charge on any atom is -0.486 e. The third-order valence-electron chi connectivity index (χ3n) is 5.91. The Morgan fingerprint density at radius 3 is 2.25 bits per heavy atom.